The van der Waals surface area contributed by atoms with Crippen molar-refractivity contribution in [1.82, 2.24) is 29.8 Å². The van der Waals surface area contributed by atoms with Gasteiger partial charge < -0.3 is 29.9 Å². The van der Waals surface area contributed by atoms with Gasteiger partial charge in [-0.25, -0.2) is 14.3 Å². The lowest BCUT2D eigenvalue weighted by Crippen LogP contribution is -2.71. The maximum absolute atomic E-state index is 13.2. The van der Waals surface area contributed by atoms with Crippen molar-refractivity contribution in [3.8, 4) is 16.5 Å². The molecule has 0 spiro atoms. The van der Waals surface area contributed by atoms with Gasteiger partial charge in [0.25, 0.3) is 20.3 Å². The van der Waals surface area contributed by atoms with Gasteiger partial charge in [0.1, 0.15) is 30.8 Å². The highest BCUT2D eigenvalue weighted by molar-refractivity contribution is 8.07. The molecule has 2 atom stereocenters. The number of carboxylic acids is 1. The lowest BCUT2D eigenvalue weighted by atomic mass is 10.0. The van der Waals surface area contributed by atoms with E-state index in [0.717, 1.165) is 16.2 Å². The molecule has 2 amide bonds. The van der Waals surface area contributed by atoms with Crippen LogP contribution in [-0.4, -0.2) is 81.4 Å². The number of carboxylic acid groups (broad SMARTS) is 1. The second-order valence-electron chi connectivity index (χ2n) is 8.52. The molecule has 5 rings (SSSR count). The van der Waals surface area contributed by atoms with Crippen LogP contribution in [0.3, 0.4) is 0 Å². The largest absolute Gasteiger partial charge is 0.477 e. The predicted molar refractivity (Wildman–Crippen MR) is 157 cm³/mol. The van der Waals surface area contributed by atoms with Gasteiger partial charge in [0.15, 0.2) is 16.7 Å². The highest BCUT2D eigenvalue weighted by atomic mass is 32.2. The minimum absolute atomic E-state index is 0.123. The fraction of sp³-hybridized carbons (Fsp3) is 0.273. The molecule has 2 aliphatic rings. The zero-order chi connectivity index (χ0) is 30.7. The van der Waals surface area contributed by atoms with E-state index in [0.29, 0.717) is 20.8 Å². The number of aryl methyl sites for hydroxylation is 1. The second-order valence-corrected chi connectivity index (χ2v) is 13.3. The van der Waals surface area contributed by atoms with Crippen molar-refractivity contribution in [2.24, 2.45) is 12.2 Å². The number of fused-ring (bicyclic) bond motifs is 1. The van der Waals surface area contributed by atoms with E-state index in [1.165, 1.54) is 34.9 Å². The van der Waals surface area contributed by atoms with Crippen LogP contribution in [0.2, 0.25) is 0 Å². The summed E-state index contributed by atoms with van der Waals surface area (Å²) in [5.74, 6) is -2.61. The fourth-order valence-electron chi connectivity index (χ4n) is 3.83. The number of thiazole rings is 1. The quantitative estimate of drug-likeness (QED) is 0.0587. The Hall–Kier alpha value is -3.23. The molecular weight excluding hydrogens is 664 g/mol. The van der Waals surface area contributed by atoms with E-state index in [4.69, 9.17) is 19.5 Å². The number of nitrogens with zero attached hydrogens (tertiary/aromatic N) is 6. The smallest absolute Gasteiger partial charge is 0.353 e. The molecule has 16 nitrogen and oxygen atoms in total. The van der Waals surface area contributed by atoms with Gasteiger partial charge in [-0.3, -0.25) is 14.5 Å². The standard InChI is InChI=1S/C22H21N8O8PS4/c1-3-37-26-13(16-25-21(43-27-16)38-28-39(35)36)17(31)24-14-18(32)30-15(20(33)34)12(9-40-19(14)30)42-22-23-11(8-41-22)10-4-6-29(2)7-5-10/h4-8,14,19,28,35-36H,3,9H2,1-2H3,(H-,24,31,33,34)/p+1/b26-13+/t14?,19-/m1/s1. The number of thioether (sulfide) groups is 2. The first-order valence-electron chi connectivity index (χ1n) is 12.1. The van der Waals surface area contributed by atoms with Crippen molar-refractivity contribution in [3.63, 3.8) is 0 Å². The molecule has 0 saturated carbocycles. The first-order valence-corrected chi connectivity index (χ1v) is 16.9. The Morgan fingerprint density at radius 3 is 2.77 bits per heavy atom. The van der Waals surface area contributed by atoms with Crippen molar-refractivity contribution in [3.05, 3.63) is 46.3 Å². The highest BCUT2D eigenvalue weighted by Gasteiger charge is 2.54. The molecule has 2 aliphatic heterocycles. The summed E-state index contributed by atoms with van der Waals surface area (Å²) in [7, 11) is -0.657. The van der Waals surface area contributed by atoms with Crippen LogP contribution in [0.15, 0.2) is 50.0 Å². The summed E-state index contributed by atoms with van der Waals surface area (Å²) in [6, 6.07) is 2.82. The molecule has 3 aromatic heterocycles. The van der Waals surface area contributed by atoms with Gasteiger partial charge in [-0.05, 0) is 6.92 Å². The number of hydrogen-bond donors (Lipinski definition) is 5. The number of nitrogens with one attached hydrogen (secondary N) is 2. The summed E-state index contributed by atoms with van der Waals surface area (Å²) in [4.78, 5) is 76.6. The van der Waals surface area contributed by atoms with E-state index in [1.54, 1.807) is 6.92 Å². The number of pyridine rings is 1. The van der Waals surface area contributed by atoms with E-state index < -0.39 is 37.7 Å². The average Bonchev–Trinajstić information content (AvgIpc) is 3.65. The van der Waals surface area contributed by atoms with Crippen molar-refractivity contribution < 1.29 is 43.5 Å². The van der Waals surface area contributed by atoms with Gasteiger partial charge in [0.2, 0.25) is 11.5 Å². The Morgan fingerprint density at radius 2 is 2.07 bits per heavy atom. The van der Waals surface area contributed by atoms with Crippen LogP contribution in [0.5, 0.6) is 5.19 Å². The number of aromatic nitrogens is 4. The topological polar surface area (TPSA) is 213 Å². The highest BCUT2D eigenvalue weighted by Crippen LogP contribution is 2.46. The van der Waals surface area contributed by atoms with Crippen LogP contribution in [-0.2, 0) is 26.3 Å². The molecule has 21 heteroatoms. The lowest BCUT2D eigenvalue weighted by Gasteiger charge is -2.49. The monoisotopic (exact) mass is 685 g/mol. The Balaban J connectivity index is 1.30. The molecule has 1 unspecified atom stereocenters. The minimum atomic E-state index is -2.57. The first kappa shape index (κ1) is 31.2. The van der Waals surface area contributed by atoms with Gasteiger partial charge in [0.05, 0.1) is 5.69 Å². The molecule has 0 bridgehead atoms. The third-order valence-corrected chi connectivity index (χ3v) is 10.1. The molecule has 0 aromatic carbocycles. The molecule has 3 aromatic rings. The van der Waals surface area contributed by atoms with E-state index in [-0.39, 0.29) is 34.8 Å². The van der Waals surface area contributed by atoms with Crippen molar-refractivity contribution in [2.75, 3.05) is 12.4 Å². The fourth-order valence-corrected chi connectivity index (χ4v) is 8.02. The van der Waals surface area contributed by atoms with Crippen LogP contribution in [0.1, 0.15) is 12.7 Å². The normalized spacial score (nSPS) is 18.4. The number of aliphatic carboxylic acids is 1. The van der Waals surface area contributed by atoms with E-state index >= 15 is 0 Å². The third-order valence-electron chi connectivity index (χ3n) is 5.72. The van der Waals surface area contributed by atoms with Crippen molar-refractivity contribution in [1.29, 1.82) is 0 Å². The molecule has 0 radical (unpaired) electrons. The van der Waals surface area contributed by atoms with E-state index in [9.17, 15) is 19.5 Å². The van der Waals surface area contributed by atoms with Crippen LogP contribution in [0.25, 0.3) is 11.3 Å². The number of carbonyl (C=O) groups is 3. The van der Waals surface area contributed by atoms with Crippen LogP contribution < -0.4 is 20.0 Å². The molecule has 5 N–H and O–H groups in total. The Labute approximate surface area is 260 Å². The van der Waals surface area contributed by atoms with Crippen LogP contribution >= 0.6 is 54.9 Å². The Morgan fingerprint density at radius 1 is 1.30 bits per heavy atom. The zero-order valence-electron chi connectivity index (χ0n) is 22.1. The number of amides is 2. The summed E-state index contributed by atoms with van der Waals surface area (Å²) in [5, 5.41) is 19.4. The van der Waals surface area contributed by atoms with Crippen LogP contribution in [0, 0.1) is 0 Å². The molecule has 0 aliphatic carbocycles. The maximum Gasteiger partial charge on any atom is 0.353 e. The second kappa shape index (κ2) is 13.6. The number of carbonyl (C=O) groups excluding carboxylic acids is 2. The number of rotatable bonds is 12. The Bertz CT molecular complexity index is 1600. The molecule has 226 valence electrons. The molecule has 1 fully saturated rings. The number of hydrogen-bond acceptors (Lipinski definition) is 16. The van der Waals surface area contributed by atoms with Gasteiger partial charge in [-0.1, -0.05) is 22.2 Å². The number of β-lactam (4-membered cyclic amide) rings is 1. The molecule has 1 saturated heterocycles. The summed E-state index contributed by atoms with van der Waals surface area (Å²) in [6.07, 6.45) is 3.81. The predicted octanol–water partition coefficient (Wildman–Crippen LogP) is 0.810. The third kappa shape index (κ3) is 6.96. The molecular formula is C22H22N8O8PS4+. The van der Waals surface area contributed by atoms with Crippen molar-refractivity contribution in [2.45, 2.75) is 22.7 Å². The van der Waals surface area contributed by atoms with E-state index in [2.05, 4.69) is 24.8 Å². The maximum atomic E-state index is 13.2. The Kier molecular flexibility index (Phi) is 9.87. The average molecular weight is 686 g/mol. The summed E-state index contributed by atoms with van der Waals surface area (Å²) >= 11 is 4.58. The van der Waals surface area contributed by atoms with Crippen LogP contribution in [0.4, 0.5) is 0 Å². The zero-order valence-corrected chi connectivity index (χ0v) is 26.3. The van der Waals surface area contributed by atoms with Gasteiger partial charge >= 0.3 is 11.2 Å². The van der Waals surface area contributed by atoms with Gasteiger partial charge in [0, 0.05) is 45.3 Å². The summed E-state index contributed by atoms with van der Waals surface area (Å²) in [5.41, 5.74) is 1.18. The SMILES string of the molecule is CCO/N=C(/C(=O)NC1C(=O)N2C(C(=O)O)=C(Sc3nc(-c4cc[n+](C)cc4)cs3)CS[C@H]12)c1nsc(ONP(O)O)n1. The van der Waals surface area contributed by atoms with Gasteiger partial charge in [-0.15, -0.1) is 23.1 Å². The minimum Gasteiger partial charge on any atom is -0.477 e. The number of oxime groups is 1. The first-order chi connectivity index (χ1) is 20.7. The summed E-state index contributed by atoms with van der Waals surface area (Å²) < 4.78 is 6.51. The molecule has 5 heterocycles. The summed E-state index contributed by atoms with van der Waals surface area (Å²) in [6.45, 7) is 1.77. The van der Waals surface area contributed by atoms with Crippen molar-refractivity contribution >= 4 is 78.4 Å². The van der Waals surface area contributed by atoms with Gasteiger partial charge in [-0.2, -0.15) is 9.36 Å². The molecule has 43 heavy (non-hydrogen) atoms. The lowest BCUT2D eigenvalue weighted by molar-refractivity contribution is -0.671. The van der Waals surface area contributed by atoms with E-state index in [1.807, 2.05) is 46.8 Å².